The van der Waals surface area contributed by atoms with Crippen LogP contribution < -0.4 is 20.7 Å². The fourth-order valence-corrected chi connectivity index (χ4v) is 6.07. The van der Waals surface area contributed by atoms with Gasteiger partial charge in [-0.15, -0.1) is 0 Å². The summed E-state index contributed by atoms with van der Waals surface area (Å²) in [6, 6.07) is 3.22. The summed E-state index contributed by atoms with van der Waals surface area (Å²) in [5.41, 5.74) is 1.82. The molecule has 2 aliphatic heterocycles. The van der Waals surface area contributed by atoms with Crippen molar-refractivity contribution in [1.82, 2.24) is 16.0 Å². The highest BCUT2D eigenvalue weighted by molar-refractivity contribution is 5.76. The first-order valence-electron chi connectivity index (χ1n) is 14.7. The van der Waals surface area contributed by atoms with Crippen molar-refractivity contribution in [3.05, 3.63) is 23.3 Å². The van der Waals surface area contributed by atoms with Crippen molar-refractivity contribution in [2.24, 2.45) is 5.41 Å². The highest BCUT2D eigenvalue weighted by Gasteiger charge is 2.45. The number of aromatic hydroxyl groups is 1. The van der Waals surface area contributed by atoms with Gasteiger partial charge >= 0.3 is 11.9 Å². The van der Waals surface area contributed by atoms with E-state index in [9.17, 15) is 14.7 Å². The average molecular weight is 548 g/mol. The number of ether oxygens (including phenoxy) is 3. The number of esters is 2. The Bertz CT molecular complexity index is 934. The van der Waals surface area contributed by atoms with E-state index in [-0.39, 0.29) is 29.2 Å². The van der Waals surface area contributed by atoms with Crippen LogP contribution in [0.25, 0.3) is 0 Å². The first-order chi connectivity index (χ1) is 18.8. The monoisotopic (exact) mass is 547 g/mol. The number of hydrogen-bond donors (Lipinski definition) is 4. The normalized spacial score (nSPS) is 18.8. The summed E-state index contributed by atoms with van der Waals surface area (Å²) in [5, 5.41) is 20.1. The third-order valence-electron chi connectivity index (χ3n) is 8.22. The molecule has 9 nitrogen and oxygen atoms in total. The van der Waals surface area contributed by atoms with Crippen molar-refractivity contribution in [3.8, 4) is 11.5 Å². The maximum atomic E-state index is 13.5. The van der Waals surface area contributed by atoms with E-state index in [4.69, 9.17) is 14.2 Å². The van der Waals surface area contributed by atoms with Gasteiger partial charge in [-0.2, -0.15) is 0 Å². The lowest BCUT2D eigenvalue weighted by molar-refractivity contribution is -0.166. The Hall–Kier alpha value is -2.36. The van der Waals surface area contributed by atoms with Crippen LogP contribution in [0, 0.1) is 5.41 Å². The van der Waals surface area contributed by atoms with E-state index in [0.29, 0.717) is 31.7 Å². The van der Waals surface area contributed by atoms with Crippen molar-refractivity contribution < 1.29 is 28.9 Å². The highest BCUT2D eigenvalue weighted by atomic mass is 16.6. The Labute approximate surface area is 233 Å². The SMILES string of the molecule is CCCCC[C@H](C[C@@H](OC(=O)[C@H](CNC)NC)C1(Cc2ccc(O)c3c2CCCO3)CCNCC1)OC(C)=O. The standard InChI is InChI=1S/C30H49N3O6/c1-5-6-7-9-23(38-21(2)34)18-27(39-29(36)25(32-4)20-31-3)30(13-15-33-16-14-30)19-22-11-12-26(35)28-24(22)10-8-17-37-28/h11-12,23,25,27,31-33,35H,5-10,13-20H2,1-4H3/t23-,25+,27-/m1/s1. The van der Waals surface area contributed by atoms with Crippen molar-refractivity contribution in [2.75, 3.05) is 40.3 Å². The predicted molar refractivity (Wildman–Crippen MR) is 151 cm³/mol. The van der Waals surface area contributed by atoms with Crippen LogP contribution in [0.3, 0.4) is 0 Å². The van der Waals surface area contributed by atoms with E-state index >= 15 is 0 Å². The molecule has 220 valence electrons. The summed E-state index contributed by atoms with van der Waals surface area (Å²) in [4.78, 5) is 25.5. The fourth-order valence-electron chi connectivity index (χ4n) is 6.07. The topological polar surface area (TPSA) is 118 Å². The van der Waals surface area contributed by atoms with Gasteiger partial charge in [-0.25, -0.2) is 0 Å². The number of nitrogens with one attached hydrogen (secondary N) is 3. The number of rotatable bonds is 15. The summed E-state index contributed by atoms with van der Waals surface area (Å²) in [6.45, 7) is 6.26. The number of hydrogen-bond acceptors (Lipinski definition) is 9. The summed E-state index contributed by atoms with van der Waals surface area (Å²) < 4.78 is 18.1. The quantitative estimate of drug-likeness (QED) is 0.194. The average Bonchev–Trinajstić information content (AvgIpc) is 2.93. The number of carbonyl (C=O) groups excluding carboxylic acids is 2. The van der Waals surface area contributed by atoms with Gasteiger partial charge in [0.25, 0.3) is 0 Å². The van der Waals surface area contributed by atoms with E-state index in [1.54, 1.807) is 13.1 Å². The van der Waals surface area contributed by atoms with Gasteiger partial charge in [0, 0.05) is 30.9 Å². The van der Waals surface area contributed by atoms with Crippen LogP contribution in [-0.4, -0.2) is 75.6 Å². The Kier molecular flexibility index (Phi) is 12.3. The van der Waals surface area contributed by atoms with Crippen LogP contribution in [0.4, 0.5) is 0 Å². The predicted octanol–water partition coefficient (Wildman–Crippen LogP) is 3.25. The molecule has 1 fully saturated rings. The van der Waals surface area contributed by atoms with Crippen LogP contribution in [-0.2, 0) is 31.9 Å². The van der Waals surface area contributed by atoms with E-state index in [1.807, 2.05) is 13.1 Å². The van der Waals surface area contributed by atoms with E-state index < -0.39 is 12.1 Å². The number of likely N-dealkylation sites (N-methyl/N-ethyl adjacent to an activating group) is 2. The van der Waals surface area contributed by atoms with Crippen LogP contribution in [0.15, 0.2) is 12.1 Å². The second kappa shape index (κ2) is 15.4. The summed E-state index contributed by atoms with van der Waals surface area (Å²) >= 11 is 0. The summed E-state index contributed by atoms with van der Waals surface area (Å²) in [5.74, 6) is 0.137. The molecule has 1 aromatic carbocycles. The number of phenols is 1. The van der Waals surface area contributed by atoms with Gasteiger partial charge in [0.15, 0.2) is 11.5 Å². The number of phenolic OH excluding ortho intramolecular Hbond substituents is 1. The Morgan fingerprint density at radius 2 is 1.95 bits per heavy atom. The minimum Gasteiger partial charge on any atom is -0.504 e. The smallest absolute Gasteiger partial charge is 0.324 e. The van der Waals surface area contributed by atoms with Gasteiger partial charge in [0.1, 0.15) is 18.2 Å². The zero-order chi connectivity index (χ0) is 28.3. The first kappa shape index (κ1) is 31.2. The van der Waals surface area contributed by atoms with Crippen molar-refractivity contribution >= 4 is 11.9 Å². The van der Waals surface area contributed by atoms with Gasteiger partial charge < -0.3 is 35.3 Å². The largest absolute Gasteiger partial charge is 0.504 e. The van der Waals surface area contributed by atoms with Crippen molar-refractivity contribution in [2.45, 2.75) is 96.3 Å². The highest BCUT2D eigenvalue weighted by Crippen LogP contribution is 2.44. The molecule has 0 spiro atoms. The molecule has 2 heterocycles. The molecule has 1 saturated heterocycles. The molecule has 0 saturated carbocycles. The lowest BCUT2D eigenvalue weighted by Gasteiger charge is -2.45. The zero-order valence-corrected chi connectivity index (χ0v) is 24.3. The molecule has 39 heavy (non-hydrogen) atoms. The molecule has 2 aliphatic rings. The Balaban J connectivity index is 1.99. The second-order valence-corrected chi connectivity index (χ2v) is 11.1. The zero-order valence-electron chi connectivity index (χ0n) is 24.3. The molecular formula is C30H49N3O6. The van der Waals surface area contributed by atoms with Crippen LogP contribution in [0.2, 0.25) is 0 Å². The number of benzene rings is 1. The van der Waals surface area contributed by atoms with E-state index in [0.717, 1.165) is 75.6 Å². The number of unbranched alkanes of at least 4 members (excludes halogenated alkanes) is 2. The van der Waals surface area contributed by atoms with Gasteiger partial charge in [0.05, 0.1) is 6.61 Å². The lowest BCUT2D eigenvalue weighted by Crippen LogP contribution is -2.52. The molecule has 9 heteroatoms. The molecule has 0 aliphatic carbocycles. The third kappa shape index (κ3) is 8.56. The van der Waals surface area contributed by atoms with Crippen LogP contribution in [0.1, 0.15) is 76.3 Å². The molecule has 4 N–H and O–H groups in total. The molecule has 0 unspecified atom stereocenters. The molecule has 0 bridgehead atoms. The third-order valence-corrected chi connectivity index (χ3v) is 8.22. The van der Waals surface area contributed by atoms with Gasteiger partial charge in [0.2, 0.25) is 0 Å². The number of piperidine rings is 1. The Morgan fingerprint density at radius 3 is 2.62 bits per heavy atom. The number of carbonyl (C=O) groups is 2. The van der Waals surface area contributed by atoms with E-state index in [1.165, 1.54) is 6.92 Å². The van der Waals surface area contributed by atoms with Crippen molar-refractivity contribution in [3.63, 3.8) is 0 Å². The molecule has 0 radical (unpaired) electrons. The van der Waals surface area contributed by atoms with Gasteiger partial charge in [-0.05, 0) is 83.8 Å². The molecule has 0 amide bonds. The molecule has 3 rings (SSSR count). The van der Waals surface area contributed by atoms with E-state index in [2.05, 4.69) is 22.9 Å². The minimum absolute atomic E-state index is 0.172. The first-order valence-corrected chi connectivity index (χ1v) is 14.7. The molecular weight excluding hydrogens is 498 g/mol. The van der Waals surface area contributed by atoms with Crippen molar-refractivity contribution in [1.29, 1.82) is 0 Å². The molecule has 1 aromatic rings. The summed E-state index contributed by atoms with van der Waals surface area (Å²) in [6.07, 6.45) is 7.58. The molecule has 0 aromatic heterocycles. The van der Waals surface area contributed by atoms with Crippen LogP contribution in [0.5, 0.6) is 11.5 Å². The maximum absolute atomic E-state index is 13.5. The van der Waals surface area contributed by atoms with Gasteiger partial charge in [-0.1, -0.05) is 25.8 Å². The Morgan fingerprint density at radius 1 is 1.18 bits per heavy atom. The lowest BCUT2D eigenvalue weighted by atomic mass is 9.67. The number of fused-ring (bicyclic) bond motifs is 1. The van der Waals surface area contributed by atoms with Gasteiger partial charge in [-0.3, -0.25) is 9.59 Å². The van der Waals surface area contributed by atoms with Crippen LogP contribution >= 0.6 is 0 Å². The summed E-state index contributed by atoms with van der Waals surface area (Å²) in [7, 11) is 3.57. The second-order valence-electron chi connectivity index (χ2n) is 11.1. The maximum Gasteiger partial charge on any atom is 0.324 e. The fraction of sp³-hybridized carbons (Fsp3) is 0.733. The minimum atomic E-state index is -0.488. The molecule has 3 atom stereocenters.